The van der Waals surface area contributed by atoms with E-state index in [4.69, 9.17) is 4.74 Å². The molecule has 14 heavy (non-hydrogen) atoms. The Bertz CT molecular complexity index is 288. The summed E-state index contributed by atoms with van der Waals surface area (Å²) in [6.45, 7) is 5.77. The van der Waals surface area contributed by atoms with Crippen molar-refractivity contribution in [1.82, 2.24) is 0 Å². The summed E-state index contributed by atoms with van der Waals surface area (Å²) < 4.78 is 5.23. The average molecular weight is 194 g/mol. The molecule has 0 saturated heterocycles. The van der Waals surface area contributed by atoms with Gasteiger partial charge in [0, 0.05) is 7.11 Å². The Balaban J connectivity index is 2.89. The van der Waals surface area contributed by atoms with E-state index in [1.165, 1.54) is 5.56 Å². The number of methoxy groups -OCH3 is 1. The van der Waals surface area contributed by atoms with Gasteiger partial charge in [0.2, 0.25) is 0 Å². The number of hydrogen-bond acceptors (Lipinski definition) is 2. The lowest BCUT2D eigenvalue weighted by molar-refractivity contribution is -0.0793. The van der Waals surface area contributed by atoms with Gasteiger partial charge in [-0.2, -0.15) is 0 Å². The van der Waals surface area contributed by atoms with Crippen LogP contribution >= 0.6 is 0 Å². The fourth-order valence-corrected chi connectivity index (χ4v) is 1.26. The molecule has 78 valence electrons. The maximum absolute atomic E-state index is 10.0. The minimum Gasteiger partial charge on any atom is -0.385 e. The van der Waals surface area contributed by atoms with E-state index in [0.29, 0.717) is 0 Å². The zero-order valence-electron chi connectivity index (χ0n) is 9.24. The Morgan fingerprint density at radius 2 is 1.71 bits per heavy atom. The van der Waals surface area contributed by atoms with Crippen molar-refractivity contribution < 1.29 is 9.84 Å². The van der Waals surface area contributed by atoms with Gasteiger partial charge in [0.05, 0.1) is 5.60 Å². The lowest BCUT2D eigenvalue weighted by atomic mass is 9.94. The fraction of sp³-hybridized carbons (Fsp3) is 0.500. The van der Waals surface area contributed by atoms with E-state index in [2.05, 4.69) is 0 Å². The Morgan fingerprint density at radius 3 is 2.14 bits per heavy atom. The molecule has 1 atom stereocenters. The smallest absolute Gasteiger partial charge is 0.107 e. The molecular weight excluding hydrogens is 176 g/mol. The molecule has 0 aliphatic heterocycles. The maximum atomic E-state index is 10.0. The van der Waals surface area contributed by atoms with Gasteiger partial charge >= 0.3 is 0 Å². The molecule has 0 aliphatic rings. The van der Waals surface area contributed by atoms with E-state index in [9.17, 15) is 5.11 Å². The monoisotopic (exact) mass is 194 g/mol. The molecule has 0 heterocycles. The molecule has 0 saturated carbocycles. The van der Waals surface area contributed by atoms with Crippen molar-refractivity contribution in [1.29, 1.82) is 0 Å². The van der Waals surface area contributed by atoms with E-state index in [1.807, 2.05) is 45.0 Å². The lowest BCUT2D eigenvalue weighted by Crippen LogP contribution is -2.31. The molecule has 1 aromatic carbocycles. The molecule has 2 heteroatoms. The normalized spacial score (nSPS) is 14.1. The summed E-state index contributed by atoms with van der Waals surface area (Å²) in [4.78, 5) is 0. The number of benzene rings is 1. The first-order chi connectivity index (χ1) is 6.47. The number of hydrogen-bond donors (Lipinski definition) is 1. The van der Waals surface area contributed by atoms with Gasteiger partial charge in [-0.15, -0.1) is 0 Å². The van der Waals surface area contributed by atoms with Gasteiger partial charge in [0.1, 0.15) is 6.10 Å². The van der Waals surface area contributed by atoms with Crippen LogP contribution in [0.4, 0.5) is 0 Å². The van der Waals surface area contributed by atoms with E-state index in [-0.39, 0.29) is 0 Å². The van der Waals surface area contributed by atoms with Crippen molar-refractivity contribution in [2.24, 2.45) is 0 Å². The third kappa shape index (κ3) is 2.34. The lowest BCUT2D eigenvalue weighted by Gasteiger charge is -2.29. The second kappa shape index (κ2) is 4.11. The van der Waals surface area contributed by atoms with Crippen LogP contribution in [0.2, 0.25) is 0 Å². The van der Waals surface area contributed by atoms with Crippen LogP contribution in [0.25, 0.3) is 0 Å². The van der Waals surface area contributed by atoms with Gasteiger partial charge in [-0.05, 0) is 26.3 Å². The molecule has 0 bridgehead atoms. The fourth-order valence-electron chi connectivity index (χ4n) is 1.26. The van der Waals surface area contributed by atoms with Gasteiger partial charge in [0.15, 0.2) is 0 Å². The van der Waals surface area contributed by atoms with Crippen molar-refractivity contribution in [2.75, 3.05) is 7.11 Å². The number of aryl methyl sites for hydroxylation is 1. The Morgan fingerprint density at radius 1 is 1.21 bits per heavy atom. The summed E-state index contributed by atoms with van der Waals surface area (Å²) in [6.07, 6.45) is -0.590. The Labute approximate surface area is 85.5 Å². The number of aliphatic hydroxyl groups excluding tert-OH is 1. The predicted molar refractivity (Wildman–Crippen MR) is 57.2 cm³/mol. The van der Waals surface area contributed by atoms with E-state index < -0.39 is 11.7 Å². The van der Waals surface area contributed by atoms with Crippen LogP contribution in [0.1, 0.15) is 31.1 Å². The SMILES string of the molecule is COC(C)(C)C(O)c1ccc(C)cc1. The first-order valence-electron chi connectivity index (χ1n) is 4.77. The van der Waals surface area contributed by atoms with E-state index in [1.54, 1.807) is 7.11 Å². The molecule has 0 radical (unpaired) electrons. The highest BCUT2D eigenvalue weighted by molar-refractivity contribution is 5.24. The molecule has 0 fully saturated rings. The summed E-state index contributed by atoms with van der Waals surface area (Å²) in [5, 5.41) is 10.0. The van der Waals surface area contributed by atoms with Gasteiger partial charge in [0.25, 0.3) is 0 Å². The minimum absolute atomic E-state index is 0.546. The largest absolute Gasteiger partial charge is 0.385 e. The van der Waals surface area contributed by atoms with Crippen molar-refractivity contribution in [3.05, 3.63) is 35.4 Å². The molecule has 1 aromatic rings. The van der Waals surface area contributed by atoms with Crippen LogP contribution in [-0.2, 0) is 4.74 Å². The topological polar surface area (TPSA) is 29.5 Å². The van der Waals surface area contributed by atoms with Crippen LogP contribution < -0.4 is 0 Å². The molecule has 1 rings (SSSR count). The first kappa shape index (κ1) is 11.2. The summed E-state index contributed by atoms with van der Waals surface area (Å²) in [6, 6.07) is 7.84. The van der Waals surface area contributed by atoms with Crippen LogP contribution in [0, 0.1) is 6.92 Å². The van der Waals surface area contributed by atoms with E-state index in [0.717, 1.165) is 5.56 Å². The highest BCUT2D eigenvalue weighted by atomic mass is 16.5. The third-order valence-electron chi connectivity index (χ3n) is 2.58. The maximum Gasteiger partial charge on any atom is 0.107 e. The van der Waals surface area contributed by atoms with Crippen LogP contribution in [0.5, 0.6) is 0 Å². The Hall–Kier alpha value is -0.860. The standard InChI is InChI=1S/C12H18O2/c1-9-5-7-10(8-6-9)11(13)12(2,3)14-4/h5-8,11,13H,1-4H3. The van der Waals surface area contributed by atoms with Crippen LogP contribution in [0.15, 0.2) is 24.3 Å². The summed E-state index contributed by atoms with van der Waals surface area (Å²) in [7, 11) is 1.61. The molecule has 1 unspecified atom stereocenters. The third-order valence-corrected chi connectivity index (χ3v) is 2.58. The van der Waals surface area contributed by atoms with Crippen molar-refractivity contribution >= 4 is 0 Å². The van der Waals surface area contributed by atoms with Crippen LogP contribution in [-0.4, -0.2) is 17.8 Å². The van der Waals surface area contributed by atoms with Crippen LogP contribution in [0.3, 0.4) is 0 Å². The minimum atomic E-state index is -0.590. The van der Waals surface area contributed by atoms with Gasteiger partial charge in [-0.3, -0.25) is 0 Å². The second-order valence-corrected chi connectivity index (χ2v) is 4.12. The van der Waals surface area contributed by atoms with Gasteiger partial charge in [-0.25, -0.2) is 0 Å². The highest BCUT2D eigenvalue weighted by Gasteiger charge is 2.28. The second-order valence-electron chi connectivity index (χ2n) is 4.12. The average Bonchev–Trinajstić information content (AvgIpc) is 2.18. The molecule has 0 aliphatic carbocycles. The Kier molecular flexibility index (Phi) is 3.29. The number of ether oxygens (including phenoxy) is 1. The summed E-state index contributed by atoms with van der Waals surface area (Å²) in [5.74, 6) is 0. The van der Waals surface area contributed by atoms with Gasteiger partial charge in [-0.1, -0.05) is 29.8 Å². The van der Waals surface area contributed by atoms with Crippen molar-refractivity contribution in [3.63, 3.8) is 0 Å². The number of rotatable bonds is 3. The predicted octanol–water partition coefficient (Wildman–Crippen LogP) is 2.45. The molecular formula is C12H18O2. The molecule has 0 aromatic heterocycles. The van der Waals surface area contributed by atoms with Crippen molar-refractivity contribution in [3.8, 4) is 0 Å². The molecule has 0 spiro atoms. The van der Waals surface area contributed by atoms with Gasteiger partial charge < -0.3 is 9.84 Å². The van der Waals surface area contributed by atoms with Crippen molar-refractivity contribution in [2.45, 2.75) is 32.5 Å². The quantitative estimate of drug-likeness (QED) is 0.801. The number of aliphatic hydroxyl groups is 1. The zero-order chi connectivity index (χ0) is 10.8. The zero-order valence-corrected chi connectivity index (χ0v) is 9.24. The van der Waals surface area contributed by atoms with E-state index >= 15 is 0 Å². The highest BCUT2D eigenvalue weighted by Crippen LogP contribution is 2.27. The first-order valence-corrected chi connectivity index (χ1v) is 4.77. The molecule has 0 amide bonds. The summed E-state index contributed by atoms with van der Waals surface area (Å²) in [5.41, 5.74) is 1.54. The molecule has 1 N–H and O–H groups in total. The molecule has 2 nitrogen and oxygen atoms in total. The summed E-state index contributed by atoms with van der Waals surface area (Å²) >= 11 is 0.